The van der Waals surface area contributed by atoms with Crippen LogP contribution in [-0.2, 0) is 16.0 Å². The first-order chi connectivity index (χ1) is 11.0. The monoisotopic (exact) mass is 355 g/mol. The summed E-state index contributed by atoms with van der Waals surface area (Å²) in [6.07, 6.45) is 0.742. The molecule has 0 saturated heterocycles. The first kappa shape index (κ1) is 16.4. The van der Waals surface area contributed by atoms with Crippen LogP contribution in [0.25, 0.3) is 10.9 Å². The zero-order valence-electron chi connectivity index (χ0n) is 13.1. The van der Waals surface area contributed by atoms with Crippen molar-refractivity contribution in [3.8, 4) is 0 Å². The number of amides is 1. The van der Waals surface area contributed by atoms with Crippen molar-refractivity contribution in [2.75, 3.05) is 32.1 Å². The number of aromatic amines is 1. The van der Waals surface area contributed by atoms with Gasteiger partial charge in [0, 0.05) is 43.4 Å². The molecule has 7 heteroatoms. The summed E-state index contributed by atoms with van der Waals surface area (Å²) in [4.78, 5) is 15.6. The zero-order valence-corrected chi connectivity index (χ0v) is 14.6. The molecular weight excluding hydrogens is 337 g/mol. The molecule has 0 saturated carbocycles. The molecule has 1 unspecified atom stereocenters. The maximum absolute atomic E-state index is 12.2. The van der Waals surface area contributed by atoms with Gasteiger partial charge in [-0.15, -0.1) is 0 Å². The molecular formula is C16H19Cl2N3O2. The number of anilines is 1. The van der Waals surface area contributed by atoms with Crippen LogP contribution in [-0.4, -0.2) is 37.7 Å². The Morgan fingerprint density at radius 1 is 1.43 bits per heavy atom. The number of ether oxygens (including phenoxy) is 1. The number of hydrogen-bond acceptors (Lipinski definition) is 3. The number of nitrogens with one attached hydrogen (secondary N) is 3. The average molecular weight is 356 g/mol. The van der Waals surface area contributed by atoms with E-state index in [0.29, 0.717) is 29.7 Å². The number of hydrogen-bond donors (Lipinski definition) is 3. The second-order valence-corrected chi connectivity index (χ2v) is 6.45. The van der Waals surface area contributed by atoms with Crippen molar-refractivity contribution >= 4 is 45.7 Å². The summed E-state index contributed by atoms with van der Waals surface area (Å²) in [7, 11) is 1.65. The Morgan fingerprint density at radius 2 is 2.22 bits per heavy atom. The number of benzene rings is 1. The van der Waals surface area contributed by atoms with Crippen LogP contribution in [0.5, 0.6) is 0 Å². The Labute approximate surface area is 144 Å². The summed E-state index contributed by atoms with van der Waals surface area (Å²) in [5.41, 5.74) is 3.68. The van der Waals surface area contributed by atoms with Gasteiger partial charge in [0.1, 0.15) is 0 Å². The molecule has 0 fully saturated rings. The van der Waals surface area contributed by atoms with Crippen molar-refractivity contribution in [2.45, 2.75) is 19.3 Å². The van der Waals surface area contributed by atoms with Gasteiger partial charge < -0.3 is 20.4 Å². The SMILES string of the molecule is COCCNc1cc(Cl)c(Cl)c2[nH]c3c(c12)C(C)C(=O)NCC3. The number of methoxy groups -OCH3 is 1. The highest BCUT2D eigenvalue weighted by atomic mass is 35.5. The average Bonchev–Trinajstić information content (AvgIpc) is 2.85. The summed E-state index contributed by atoms with van der Waals surface area (Å²) in [5, 5.41) is 8.17. The molecule has 23 heavy (non-hydrogen) atoms. The highest BCUT2D eigenvalue weighted by Gasteiger charge is 2.28. The summed E-state index contributed by atoms with van der Waals surface area (Å²) >= 11 is 12.7. The van der Waals surface area contributed by atoms with Gasteiger partial charge in [-0.1, -0.05) is 23.2 Å². The molecule has 0 bridgehead atoms. The van der Waals surface area contributed by atoms with Gasteiger partial charge in [0.15, 0.2) is 0 Å². The van der Waals surface area contributed by atoms with Gasteiger partial charge in [-0.3, -0.25) is 4.79 Å². The largest absolute Gasteiger partial charge is 0.383 e. The molecule has 124 valence electrons. The third-order valence-electron chi connectivity index (χ3n) is 4.21. The molecule has 0 radical (unpaired) electrons. The van der Waals surface area contributed by atoms with Crippen LogP contribution in [0, 0.1) is 0 Å². The molecule has 1 aliphatic heterocycles. The van der Waals surface area contributed by atoms with E-state index in [1.54, 1.807) is 7.11 Å². The zero-order chi connectivity index (χ0) is 16.6. The van der Waals surface area contributed by atoms with Gasteiger partial charge in [0.2, 0.25) is 5.91 Å². The van der Waals surface area contributed by atoms with Crippen molar-refractivity contribution < 1.29 is 9.53 Å². The Bertz CT molecular complexity index is 758. The van der Waals surface area contributed by atoms with E-state index in [4.69, 9.17) is 27.9 Å². The van der Waals surface area contributed by atoms with Crippen molar-refractivity contribution in [1.29, 1.82) is 0 Å². The van der Waals surface area contributed by atoms with E-state index in [0.717, 1.165) is 34.3 Å². The van der Waals surface area contributed by atoms with Crippen LogP contribution in [0.2, 0.25) is 10.0 Å². The normalized spacial score (nSPS) is 17.7. The van der Waals surface area contributed by atoms with Crippen molar-refractivity contribution in [3.05, 3.63) is 27.4 Å². The molecule has 3 N–H and O–H groups in total. The third kappa shape index (κ3) is 2.89. The minimum atomic E-state index is -0.249. The standard InChI is InChI=1S/C16H19Cl2N3O2/c1-8-12-10(3-4-20-16(8)22)21-15-13(12)11(19-5-6-23-2)7-9(17)14(15)18/h7-8,19,21H,3-6H2,1-2H3,(H,20,22). The van der Waals surface area contributed by atoms with Crippen LogP contribution in [0.4, 0.5) is 5.69 Å². The number of carbonyl (C=O) groups excluding carboxylic acids is 1. The van der Waals surface area contributed by atoms with E-state index >= 15 is 0 Å². The molecule has 0 aliphatic carbocycles. The molecule has 2 aromatic rings. The van der Waals surface area contributed by atoms with Gasteiger partial charge in [0.05, 0.1) is 28.1 Å². The van der Waals surface area contributed by atoms with Crippen LogP contribution in [0.3, 0.4) is 0 Å². The molecule has 2 heterocycles. The summed E-state index contributed by atoms with van der Waals surface area (Å²) in [6, 6.07) is 1.81. The van der Waals surface area contributed by atoms with E-state index < -0.39 is 0 Å². The maximum Gasteiger partial charge on any atom is 0.227 e. The van der Waals surface area contributed by atoms with E-state index in [9.17, 15) is 4.79 Å². The Morgan fingerprint density at radius 3 is 2.96 bits per heavy atom. The molecule has 1 atom stereocenters. The minimum absolute atomic E-state index is 0.0264. The number of carbonyl (C=O) groups is 1. The second kappa shape index (κ2) is 6.59. The van der Waals surface area contributed by atoms with E-state index in [-0.39, 0.29) is 11.8 Å². The second-order valence-electron chi connectivity index (χ2n) is 5.67. The molecule has 1 aromatic heterocycles. The molecule has 3 rings (SSSR count). The first-order valence-corrected chi connectivity index (χ1v) is 8.33. The van der Waals surface area contributed by atoms with Crippen LogP contribution < -0.4 is 10.6 Å². The highest BCUT2D eigenvalue weighted by Crippen LogP contribution is 2.42. The van der Waals surface area contributed by atoms with Crippen molar-refractivity contribution in [2.24, 2.45) is 0 Å². The number of halogens is 2. The van der Waals surface area contributed by atoms with Crippen LogP contribution in [0.15, 0.2) is 6.07 Å². The lowest BCUT2D eigenvalue weighted by molar-refractivity contribution is -0.121. The molecule has 1 aromatic carbocycles. The maximum atomic E-state index is 12.2. The molecule has 1 aliphatic rings. The van der Waals surface area contributed by atoms with Crippen LogP contribution in [0.1, 0.15) is 24.1 Å². The topological polar surface area (TPSA) is 66.1 Å². The lowest BCUT2D eigenvalue weighted by Gasteiger charge is -2.14. The number of aromatic nitrogens is 1. The fourth-order valence-corrected chi connectivity index (χ4v) is 3.49. The van der Waals surface area contributed by atoms with Crippen LogP contribution >= 0.6 is 23.2 Å². The van der Waals surface area contributed by atoms with Gasteiger partial charge in [-0.25, -0.2) is 0 Å². The fraction of sp³-hybridized carbons (Fsp3) is 0.438. The molecule has 0 spiro atoms. The van der Waals surface area contributed by atoms with Gasteiger partial charge in [-0.2, -0.15) is 0 Å². The number of rotatable bonds is 4. The first-order valence-electron chi connectivity index (χ1n) is 7.57. The third-order valence-corrected chi connectivity index (χ3v) is 5.00. The Kier molecular flexibility index (Phi) is 4.71. The summed E-state index contributed by atoms with van der Waals surface area (Å²) < 4.78 is 5.09. The van der Waals surface area contributed by atoms with Gasteiger partial charge in [0.25, 0.3) is 0 Å². The Hall–Kier alpha value is -1.43. The summed E-state index contributed by atoms with van der Waals surface area (Å²) in [5.74, 6) is -0.222. The lowest BCUT2D eigenvalue weighted by atomic mass is 9.96. The predicted octanol–water partition coefficient (Wildman–Crippen LogP) is 3.31. The van der Waals surface area contributed by atoms with E-state index in [1.165, 1.54) is 0 Å². The highest BCUT2D eigenvalue weighted by molar-refractivity contribution is 6.45. The van der Waals surface area contributed by atoms with Crippen molar-refractivity contribution in [1.82, 2.24) is 10.3 Å². The smallest absolute Gasteiger partial charge is 0.227 e. The van der Waals surface area contributed by atoms with E-state index in [2.05, 4.69) is 15.6 Å². The van der Waals surface area contributed by atoms with Gasteiger partial charge in [-0.05, 0) is 18.6 Å². The lowest BCUT2D eigenvalue weighted by Crippen LogP contribution is -2.26. The van der Waals surface area contributed by atoms with E-state index in [1.807, 2.05) is 13.0 Å². The Balaban J connectivity index is 2.20. The quantitative estimate of drug-likeness (QED) is 0.737. The van der Waals surface area contributed by atoms with Crippen molar-refractivity contribution in [3.63, 3.8) is 0 Å². The number of H-pyrrole nitrogens is 1. The molecule has 5 nitrogen and oxygen atoms in total. The molecule has 1 amide bonds. The number of fused-ring (bicyclic) bond motifs is 3. The predicted molar refractivity (Wildman–Crippen MR) is 93.8 cm³/mol. The van der Waals surface area contributed by atoms with Gasteiger partial charge >= 0.3 is 0 Å². The fourth-order valence-electron chi connectivity index (χ4n) is 3.09. The summed E-state index contributed by atoms with van der Waals surface area (Å²) in [6.45, 7) is 3.74. The minimum Gasteiger partial charge on any atom is -0.383 e.